The van der Waals surface area contributed by atoms with Gasteiger partial charge in [-0.25, -0.2) is 4.39 Å². The van der Waals surface area contributed by atoms with Gasteiger partial charge in [0.15, 0.2) is 6.10 Å². The Morgan fingerprint density at radius 3 is 2.64 bits per heavy atom. The van der Waals surface area contributed by atoms with E-state index >= 15 is 0 Å². The quantitative estimate of drug-likeness (QED) is 0.890. The van der Waals surface area contributed by atoms with Crippen LogP contribution < -0.4 is 10.1 Å². The third-order valence-electron chi connectivity index (χ3n) is 3.00. The molecule has 0 aliphatic heterocycles. The number of benzene rings is 2. The van der Waals surface area contributed by atoms with Gasteiger partial charge in [0.25, 0.3) is 5.91 Å². The highest BCUT2D eigenvalue weighted by molar-refractivity contribution is 5.94. The molecule has 0 aromatic heterocycles. The van der Waals surface area contributed by atoms with E-state index in [9.17, 15) is 9.18 Å². The maximum atomic E-state index is 12.8. The molecule has 0 aliphatic carbocycles. The van der Waals surface area contributed by atoms with Gasteiger partial charge in [0, 0.05) is 12.8 Å². The fourth-order valence-corrected chi connectivity index (χ4v) is 1.92. The molecular weight excluding hydrogens is 285 g/mol. The van der Waals surface area contributed by atoms with E-state index in [1.54, 1.807) is 20.1 Å². The Bertz CT molecular complexity index is 628. The lowest BCUT2D eigenvalue weighted by Gasteiger charge is -2.15. The topological polar surface area (TPSA) is 47.6 Å². The summed E-state index contributed by atoms with van der Waals surface area (Å²) in [6.45, 7) is 2.11. The van der Waals surface area contributed by atoms with Crippen LogP contribution in [0.4, 0.5) is 10.1 Å². The predicted octanol–water partition coefficient (Wildman–Crippen LogP) is 3.38. The molecule has 0 radical (unpaired) electrons. The number of methoxy groups -OCH3 is 1. The molecule has 0 aliphatic rings. The summed E-state index contributed by atoms with van der Waals surface area (Å²) in [7, 11) is 1.61. The van der Waals surface area contributed by atoms with Crippen molar-refractivity contribution in [3.8, 4) is 5.75 Å². The third-order valence-corrected chi connectivity index (χ3v) is 3.00. The second kappa shape index (κ2) is 7.56. The number of nitrogens with one attached hydrogen (secondary N) is 1. The van der Waals surface area contributed by atoms with Gasteiger partial charge >= 0.3 is 0 Å². The molecule has 0 heterocycles. The van der Waals surface area contributed by atoms with Gasteiger partial charge in [-0.05, 0) is 48.9 Å². The third kappa shape index (κ3) is 4.56. The van der Waals surface area contributed by atoms with Gasteiger partial charge in [-0.15, -0.1) is 0 Å². The normalized spacial score (nSPS) is 11.8. The molecule has 0 fully saturated rings. The summed E-state index contributed by atoms with van der Waals surface area (Å²) < 4.78 is 23.4. The highest BCUT2D eigenvalue weighted by Crippen LogP contribution is 2.15. The molecule has 1 atom stereocenters. The van der Waals surface area contributed by atoms with Crippen LogP contribution in [0.15, 0.2) is 48.5 Å². The lowest BCUT2D eigenvalue weighted by atomic mass is 10.2. The van der Waals surface area contributed by atoms with Crippen molar-refractivity contribution < 1.29 is 18.7 Å². The number of amides is 1. The minimum absolute atomic E-state index is 0.279. The molecule has 2 aromatic carbocycles. The molecule has 0 bridgehead atoms. The Hall–Kier alpha value is -2.40. The van der Waals surface area contributed by atoms with Crippen LogP contribution in [0.5, 0.6) is 5.75 Å². The smallest absolute Gasteiger partial charge is 0.265 e. The largest absolute Gasteiger partial charge is 0.481 e. The number of rotatable bonds is 6. The van der Waals surface area contributed by atoms with Gasteiger partial charge in [-0.3, -0.25) is 4.79 Å². The zero-order valence-electron chi connectivity index (χ0n) is 12.5. The second-order valence-corrected chi connectivity index (χ2v) is 4.84. The average Bonchev–Trinajstić information content (AvgIpc) is 2.50. The van der Waals surface area contributed by atoms with Crippen molar-refractivity contribution in [1.29, 1.82) is 0 Å². The number of hydrogen-bond donors (Lipinski definition) is 1. The number of carbonyl (C=O) groups is 1. The molecule has 5 heteroatoms. The highest BCUT2D eigenvalue weighted by Gasteiger charge is 2.15. The zero-order valence-corrected chi connectivity index (χ0v) is 12.5. The number of ether oxygens (including phenoxy) is 2. The standard InChI is InChI=1S/C17H18FNO3/c1-12(22-16-8-6-14(18)7-9-16)17(20)19-15-5-3-4-13(10-15)11-21-2/h3-10,12H,11H2,1-2H3,(H,19,20)/t12-/m1/s1. The lowest BCUT2D eigenvalue weighted by molar-refractivity contribution is -0.122. The van der Waals surface area contributed by atoms with Crippen molar-refractivity contribution in [2.45, 2.75) is 19.6 Å². The van der Waals surface area contributed by atoms with Gasteiger partial charge in [0.05, 0.1) is 6.61 Å². The maximum Gasteiger partial charge on any atom is 0.265 e. The van der Waals surface area contributed by atoms with Crippen LogP contribution >= 0.6 is 0 Å². The molecule has 4 nitrogen and oxygen atoms in total. The molecule has 22 heavy (non-hydrogen) atoms. The van der Waals surface area contributed by atoms with Crippen LogP contribution in [0, 0.1) is 5.82 Å². The summed E-state index contributed by atoms with van der Waals surface area (Å²) in [6, 6.07) is 12.9. The van der Waals surface area contributed by atoms with Crippen LogP contribution in [0.25, 0.3) is 0 Å². The van der Waals surface area contributed by atoms with Crippen LogP contribution in [-0.4, -0.2) is 19.1 Å². The van der Waals surface area contributed by atoms with E-state index in [1.165, 1.54) is 24.3 Å². The molecule has 0 spiro atoms. The molecule has 1 amide bonds. The Kier molecular flexibility index (Phi) is 5.49. The number of anilines is 1. The molecule has 1 N–H and O–H groups in total. The monoisotopic (exact) mass is 303 g/mol. The van der Waals surface area contributed by atoms with Crippen LogP contribution in [0.1, 0.15) is 12.5 Å². The fourth-order valence-electron chi connectivity index (χ4n) is 1.92. The Labute approximate surface area is 128 Å². The number of hydrogen-bond acceptors (Lipinski definition) is 3. The van der Waals surface area contributed by atoms with Crippen LogP contribution in [0.3, 0.4) is 0 Å². The molecule has 2 rings (SSSR count). The SMILES string of the molecule is COCc1cccc(NC(=O)[C@@H](C)Oc2ccc(F)cc2)c1. The Balaban J connectivity index is 1.96. The molecule has 0 unspecified atom stereocenters. The van der Waals surface area contributed by atoms with Crippen molar-refractivity contribution in [2.75, 3.05) is 12.4 Å². The summed E-state index contributed by atoms with van der Waals surface area (Å²) in [5, 5.41) is 2.78. The lowest BCUT2D eigenvalue weighted by Crippen LogP contribution is -2.30. The minimum Gasteiger partial charge on any atom is -0.481 e. The summed E-state index contributed by atoms with van der Waals surface area (Å²) in [4.78, 5) is 12.1. The van der Waals surface area contributed by atoms with E-state index in [4.69, 9.17) is 9.47 Å². The molecule has 0 saturated carbocycles. The number of carbonyl (C=O) groups excluding carboxylic acids is 1. The summed E-state index contributed by atoms with van der Waals surface area (Å²) >= 11 is 0. The van der Waals surface area contributed by atoms with Crippen molar-refractivity contribution in [3.05, 3.63) is 59.9 Å². The molecular formula is C17H18FNO3. The van der Waals surface area contributed by atoms with Gasteiger partial charge in [-0.1, -0.05) is 12.1 Å². The van der Waals surface area contributed by atoms with E-state index in [1.807, 2.05) is 18.2 Å². The van der Waals surface area contributed by atoms with E-state index in [0.29, 0.717) is 18.0 Å². The second-order valence-electron chi connectivity index (χ2n) is 4.84. The molecule has 2 aromatic rings. The van der Waals surface area contributed by atoms with Gasteiger partial charge < -0.3 is 14.8 Å². The summed E-state index contributed by atoms with van der Waals surface area (Å²) in [5.74, 6) is -0.185. The number of halogens is 1. The van der Waals surface area contributed by atoms with Crippen molar-refractivity contribution in [2.24, 2.45) is 0 Å². The fraction of sp³-hybridized carbons (Fsp3) is 0.235. The molecule has 0 saturated heterocycles. The van der Waals surface area contributed by atoms with E-state index in [0.717, 1.165) is 5.56 Å². The van der Waals surface area contributed by atoms with E-state index < -0.39 is 6.10 Å². The van der Waals surface area contributed by atoms with Crippen molar-refractivity contribution in [1.82, 2.24) is 0 Å². The Morgan fingerprint density at radius 1 is 1.23 bits per heavy atom. The Morgan fingerprint density at radius 2 is 1.95 bits per heavy atom. The highest BCUT2D eigenvalue weighted by atomic mass is 19.1. The van der Waals surface area contributed by atoms with Gasteiger partial charge in [-0.2, -0.15) is 0 Å². The first-order chi connectivity index (χ1) is 10.6. The first kappa shape index (κ1) is 16.0. The van der Waals surface area contributed by atoms with Gasteiger partial charge in [0.1, 0.15) is 11.6 Å². The van der Waals surface area contributed by atoms with E-state index in [-0.39, 0.29) is 11.7 Å². The first-order valence-corrected chi connectivity index (χ1v) is 6.89. The maximum absolute atomic E-state index is 12.8. The predicted molar refractivity (Wildman–Crippen MR) is 82.3 cm³/mol. The summed E-state index contributed by atoms with van der Waals surface area (Å²) in [5.41, 5.74) is 1.64. The van der Waals surface area contributed by atoms with Gasteiger partial charge in [0.2, 0.25) is 0 Å². The van der Waals surface area contributed by atoms with Crippen LogP contribution in [0.2, 0.25) is 0 Å². The van der Waals surface area contributed by atoms with E-state index in [2.05, 4.69) is 5.32 Å². The summed E-state index contributed by atoms with van der Waals surface area (Å²) in [6.07, 6.45) is -0.698. The average molecular weight is 303 g/mol. The minimum atomic E-state index is -0.698. The van der Waals surface area contributed by atoms with Crippen molar-refractivity contribution in [3.63, 3.8) is 0 Å². The zero-order chi connectivity index (χ0) is 15.9. The van der Waals surface area contributed by atoms with Crippen molar-refractivity contribution >= 4 is 11.6 Å². The molecule has 116 valence electrons. The first-order valence-electron chi connectivity index (χ1n) is 6.89. The van der Waals surface area contributed by atoms with Crippen LogP contribution in [-0.2, 0) is 16.1 Å².